The van der Waals surface area contributed by atoms with Crippen molar-refractivity contribution in [3.8, 4) is 0 Å². The minimum atomic E-state index is -0.825. The molecule has 3 N–H and O–H groups in total. The van der Waals surface area contributed by atoms with Gasteiger partial charge in [0, 0.05) is 31.8 Å². The molecular weight excluding hydrogens is 439 g/mol. The first kappa shape index (κ1) is 25.7. The lowest BCUT2D eigenvalue weighted by atomic mass is 10.1. The lowest BCUT2D eigenvalue weighted by Crippen LogP contribution is -2.28. The van der Waals surface area contributed by atoms with Crippen molar-refractivity contribution in [3.63, 3.8) is 0 Å². The number of benzene rings is 1. The second-order valence-corrected chi connectivity index (χ2v) is 6.56. The van der Waals surface area contributed by atoms with Gasteiger partial charge in [-0.1, -0.05) is 6.07 Å². The van der Waals surface area contributed by atoms with Crippen LogP contribution in [0.5, 0.6) is 0 Å². The molecule has 0 unspecified atom stereocenters. The molecule has 2 aromatic rings. The fraction of sp³-hybridized carbons (Fsp3) is 0.316. The maximum atomic E-state index is 13.3. The molecule has 1 fully saturated rings. The van der Waals surface area contributed by atoms with E-state index in [2.05, 4.69) is 20.2 Å². The Hall–Kier alpha value is -2.33. The number of carbonyl (C=O) groups excluding carboxylic acids is 1. The normalized spacial score (nSPS) is 16.0. The van der Waals surface area contributed by atoms with Crippen LogP contribution in [0, 0.1) is 11.6 Å². The van der Waals surface area contributed by atoms with Gasteiger partial charge in [-0.3, -0.25) is 15.0 Å². The number of hydroxylamine groups is 1. The summed E-state index contributed by atoms with van der Waals surface area (Å²) in [7, 11) is 0. The zero-order valence-corrected chi connectivity index (χ0v) is 17.6. The van der Waals surface area contributed by atoms with E-state index in [4.69, 9.17) is 5.21 Å². The quantitative estimate of drug-likeness (QED) is 0.333. The van der Waals surface area contributed by atoms with Gasteiger partial charge in [0.25, 0.3) is 5.91 Å². The van der Waals surface area contributed by atoms with Gasteiger partial charge in [-0.15, -0.1) is 24.8 Å². The molecule has 1 saturated heterocycles. The average molecular weight is 462 g/mol. The van der Waals surface area contributed by atoms with E-state index in [1.54, 1.807) is 12.3 Å². The van der Waals surface area contributed by atoms with Crippen LogP contribution in [0.4, 0.5) is 14.6 Å². The molecular formula is C19H23Cl2F2N5O2. The minimum Gasteiger partial charge on any atom is -0.365 e. The number of hydrogen-bond donors (Lipinski definition) is 3. The Bertz CT molecular complexity index is 855. The molecule has 0 saturated carbocycles. The van der Waals surface area contributed by atoms with Crippen LogP contribution >= 0.6 is 24.8 Å². The third kappa shape index (κ3) is 7.49. The molecule has 1 aromatic heterocycles. The Morgan fingerprint density at radius 1 is 1.23 bits per heavy atom. The van der Waals surface area contributed by atoms with E-state index in [0.29, 0.717) is 17.9 Å². The summed E-state index contributed by atoms with van der Waals surface area (Å²) in [6, 6.07) is 4.24. The van der Waals surface area contributed by atoms with Gasteiger partial charge >= 0.3 is 0 Å². The standard InChI is InChI=1S/C19H21F2N5O2.2ClH/c20-16-3-1-13(9-17(16)21)5-7-26-8-6-15(12-26)24-18-11-22-14(10-23-18)2-4-19(27)25-28;;/h1-4,9-11,15,28H,5-8,12H2,(H,23,24)(H,25,27);2*1H/t15-;;/m1../s1. The van der Waals surface area contributed by atoms with Crippen LogP contribution in [0.25, 0.3) is 6.08 Å². The summed E-state index contributed by atoms with van der Waals surface area (Å²) in [6.45, 7) is 2.50. The van der Waals surface area contributed by atoms with Crippen LogP contribution in [0.15, 0.2) is 36.7 Å². The average Bonchev–Trinajstić information content (AvgIpc) is 3.15. The predicted octanol–water partition coefficient (Wildman–Crippen LogP) is 2.85. The van der Waals surface area contributed by atoms with Crippen LogP contribution in [0.3, 0.4) is 0 Å². The molecule has 0 bridgehead atoms. The zero-order valence-electron chi connectivity index (χ0n) is 15.9. The third-order valence-corrected chi connectivity index (χ3v) is 4.51. The largest absolute Gasteiger partial charge is 0.365 e. The van der Waals surface area contributed by atoms with Crippen LogP contribution < -0.4 is 10.8 Å². The van der Waals surface area contributed by atoms with Gasteiger partial charge in [0.05, 0.1) is 18.1 Å². The van der Waals surface area contributed by atoms with Crippen LogP contribution in [-0.4, -0.2) is 51.7 Å². The molecule has 11 heteroatoms. The summed E-state index contributed by atoms with van der Waals surface area (Å²) in [5, 5.41) is 11.8. The van der Waals surface area contributed by atoms with Gasteiger partial charge in [0.1, 0.15) is 5.82 Å². The van der Waals surface area contributed by atoms with Gasteiger partial charge in [-0.25, -0.2) is 19.2 Å². The molecule has 1 atom stereocenters. The number of nitrogens with one attached hydrogen (secondary N) is 2. The van der Waals surface area contributed by atoms with Crippen molar-refractivity contribution in [1.82, 2.24) is 20.3 Å². The summed E-state index contributed by atoms with van der Waals surface area (Å²) >= 11 is 0. The van der Waals surface area contributed by atoms with E-state index in [-0.39, 0.29) is 30.9 Å². The number of rotatable bonds is 7. The predicted molar refractivity (Wildman–Crippen MR) is 114 cm³/mol. The molecule has 1 amide bonds. The number of aromatic nitrogens is 2. The Kier molecular flexibility index (Phi) is 10.6. The van der Waals surface area contributed by atoms with Crippen molar-refractivity contribution >= 4 is 42.6 Å². The summed E-state index contributed by atoms with van der Waals surface area (Å²) in [6.07, 6.45) is 7.31. The summed E-state index contributed by atoms with van der Waals surface area (Å²) < 4.78 is 26.3. The number of likely N-dealkylation sites (tertiary alicyclic amines) is 1. The molecule has 1 aliphatic heterocycles. The molecule has 1 aliphatic rings. The van der Waals surface area contributed by atoms with Gasteiger partial charge in [0.2, 0.25) is 0 Å². The van der Waals surface area contributed by atoms with Gasteiger partial charge in [0.15, 0.2) is 11.6 Å². The molecule has 0 spiro atoms. The number of hydrogen-bond acceptors (Lipinski definition) is 6. The van der Waals surface area contributed by atoms with E-state index in [9.17, 15) is 13.6 Å². The maximum Gasteiger partial charge on any atom is 0.267 e. The topological polar surface area (TPSA) is 90.4 Å². The van der Waals surface area contributed by atoms with E-state index in [0.717, 1.165) is 43.8 Å². The lowest BCUT2D eigenvalue weighted by Gasteiger charge is -2.17. The van der Waals surface area contributed by atoms with E-state index in [1.165, 1.54) is 23.8 Å². The van der Waals surface area contributed by atoms with Crippen molar-refractivity contribution in [2.45, 2.75) is 18.9 Å². The lowest BCUT2D eigenvalue weighted by molar-refractivity contribution is -0.124. The van der Waals surface area contributed by atoms with Gasteiger partial charge in [-0.05, 0) is 36.6 Å². The first-order chi connectivity index (χ1) is 13.5. The highest BCUT2D eigenvalue weighted by molar-refractivity contribution is 5.90. The Morgan fingerprint density at radius 2 is 2.03 bits per heavy atom. The minimum absolute atomic E-state index is 0. The maximum absolute atomic E-state index is 13.3. The number of amides is 1. The monoisotopic (exact) mass is 461 g/mol. The highest BCUT2D eigenvalue weighted by Gasteiger charge is 2.22. The molecule has 0 aliphatic carbocycles. The SMILES string of the molecule is Cl.Cl.O=C(C=Cc1cnc(N[C@@H]2CCN(CCc3ccc(F)c(F)c3)C2)cn1)NO. The molecule has 7 nitrogen and oxygen atoms in total. The van der Waals surface area contributed by atoms with Crippen molar-refractivity contribution in [2.75, 3.05) is 25.0 Å². The first-order valence-electron chi connectivity index (χ1n) is 8.90. The number of nitrogens with zero attached hydrogens (tertiary/aromatic N) is 3. The molecule has 3 rings (SSSR count). The Morgan fingerprint density at radius 3 is 2.70 bits per heavy atom. The van der Waals surface area contributed by atoms with E-state index >= 15 is 0 Å². The third-order valence-electron chi connectivity index (χ3n) is 4.51. The van der Waals surface area contributed by atoms with Crippen molar-refractivity contribution in [1.29, 1.82) is 0 Å². The van der Waals surface area contributed by atoms with Crippen molar-refractivity contribution in [2.24, 2.45) is 0 Å². The number of halogens is 4. The van der Waals surface area contributed by atoms with Crippen molar-refractivity contribution < 1.29 is 18.8 Å². The van der Waals surface area contributed by atoms with Crippen molar-refractivity contribution in [3.05, 3.63) is 59.6 Å². The van der Waals surface area contributed by atoms with E-state index in [1.807, 2.05) is 0 Å². The fourth-order valence-corrected chi connectivity index (χ4v) is 3.04. The first-order valence-corrected chi connectivity index (χ1v) is 8.90. The number of carbonyl (C=O) groups is 1. The van der Waals surface area contributed by atoms with Gasteiger partial charge in [-0.2, -0.15) is 0 Å². The highest BCUT2D eigenvalue weighted by atomic mass is 35.5. The Labute approximate surface area is 185 Å². The second-order valence-electron chi connectivity index (χ2n) is 6.56. The Balaban J connectivity index is 0.00000225. The summed E-state index contributed by atoms with van der Waals surface area (Å²) in [4.78, 5) is 21.7. The van der Waals surface area contributed by atoms with Gasteiger partial charge < -0.3 is 10.2 Å². The fourth-order valence-electron chi connectivity index (χ4n) is 3.04. The zero-order chi connectivity index (χ0) is 19.9. The van der Waals surface area contributed by atoms with Crippen LogP contribution in [0.2, 0.25) is 0 Å². The highest BCUT2D eigenvalue weighted by Crippen LogP contribution is 2.16. The summed E-state index contributed by atoms with van der Waals surface area (Å²) in [5.74, 6) is -1.64. The molecule has 2 heterocycles. The molecule has 164 valence electrons. The van der Waals surface area contributed by atoms with Crippen LogP contribution in [-0.2, 0) is 11.2 Å². The smallest absolute Gasteiger partial charge is 0.267 e. The van der Waals surface area contributed by atoms with Crippen LogP contribution in [0.1, 0.15) is 17.7 Å². The molecule has 1 aromatic carbocycles. The molecule has 30 heavy (non-hydrogen) atoms. The summed E-state index contributed by atoms with van der Waals surface area (Å²) in [5.41, 5.74) is 2.77. The van der Waals surface area contributed by atoms with E-state index < -0.39 is 17.5 Å². The number of anilines is 1. The second kappa shape index (κ2) is 12.4. The molecule has 0 radical (unpaired) electrons.